The zero-order valence-corrected chi connectivity index (χ0v) is 13.3. The van der Waals surface area contributed by atoms with Crippen molar-refractivity contribution < 1.29 is 4.79 Å². The molecule has 5 nitrogen and oxygen atoms in total. The normalized spacial score (nSPS) is 13.3. The second kappa shape index (κ2) is 6.28. The zero-order chi connectivity index (χ0) is 16.4. The van der Waals surface area contributed by atoms with E-state index in [1.807, 2.05) is 36.4 Å². The van der Waals surface area contributed by atoms with Crippen LogP contribution in [0.4, 0.5) is 5.69 Å². The molecule has 1 aliphatic carbocycles. The maximum atomic E-state index is 12.6. The summed E-state index contributed by atoms with van der Waals surface area (Å²) in [6.45, 7) is 0. The summed E-state index contributed by atoms with van der Waals surface area (Å²) in [5.41, 5.74) is 5.10. The first kappa shape index (κ1) is 14.6. The summed E-state index contributed by atoms with van der Waals surface area (Å²) in [6.07, 6.45) is 7.67. The Labute approximate surface area is 140 Å². The van der Waals surface area contributed by atoms with Crippen LogP contribution in [-0.4, -0.2) is 20.7 Å². The van der Waals surface area contributed by atoms with Crippen molar-refractivity contribution in [2.24, 2.45) is 0 Å². The average molecular weight is 318 g/mol. The summed E-state index contributed by atoms with van der Waals surface area (Å²) in [7, 11) is 0. The summed E-state index contributed by atoms with van der Waals surface area (Å²) in [6, 6.07) is 13.5. The number of anilines is 1. The molecule has 120 valence electrons. The molecule has 0 atom stereocenters. The van der Waals surface area contributed by atoms with Crippen molar-refractivity contribution in [1.82, 2.24) is 14.8 Å². The first-order valence-corrected chi connectivity index (χ1v) is 8.18. The molecule has 1 heterocycles. The average Bonchev–Trinajstić information content (AvgIpc) is 3.17. The van der Waals surface area contributed by atoms with Crippen molar-refractivity contribution >= 4 is 11.6 Å². The Balaban J connectivity index is 1.54. The number of nitrogens with zero attached hydrogens (tertiary/aromatic N) is 3. The molecule has 3 aromatic rings. The third-order valence-electron chi connectivity index (χ3n) is 4.46. The molecule has 4 rings (SSSR count). The lowest BCUT2D eigenvalue weighted by Crippen LogP contribution is -2.15. The second-order valence-electron chi connectivity index (χ2n) is 5.99. The molecular formula is C19H18N4O. The number of fused-ring (bicyclic) bond motifs is 1. The van der Waals surface area contributed by atoms with Crippen LogP contribution in [0.25, 0.3) is 5.69 Å². The van der Waals surface area contributed by atoms with E-state index >= 15 is 0 Å². The third-order valence-corrected chi connectivity index (χ3v) is 4.46. The number of rotatable bonds is 3. The van der Waals surface area contributed by atoms with Gasteiger partial charge in [0.2, 0.25) is 0 Å². The summed E-state index contributed by atoms with van der Waals surface area (Å²) in [4.78, 5) is 16.5. The first-order valence-electron chi connectivity index (χ1n) is 8.18. The highest BCUT2D eigenvalue weighted by atomic mass is 16.1. The van der Waals surface area contributed by atoms with E-state index in [2.05, 4.69) is 21.5 Å². The van der Waals surface area contributed by atoms with Gasteiger partial charge in [-0.15, -0.1) is 0 Å². The van der Waals surface area contributed by atoms with Gasteiger partial charge in [-0.1, -0.05) is 12.1 Å². The minimum Gasteiger partial charge on any atom is -0.322 e. The summed E-state index contributed by atoms with van der Waals surface area (Å²) in [5.74, 6) is -0.0842. The van der Waals surface area contributed by atoms with Gasteiger partial charge in [-0.2, -0.15) is 5.10 Å². The highest BCUT2D eigenvalue weighted by Gasteiger charge is 2.15. The van der Waals surface area contributed by atoms with Crippen molar-refractivity contribution in [2.45, 2.75) is 25.7 Å². The number of aromatic nitrogens is 3. The van der Waals surface area contributed by atoms with Gasteiger partial charge in [0.15, 0.2) is 0 Å². The van der Waals surface area contributed by atoms with Gasteiger partial charge in [0.1, 0.15) is 12.7 Å². The topological polar surface area (TPSA) is 59.8 Å². The van der Waals surface area contributed by atoms with Gasteiger partial charge in [0.05, 0.1) is 5.69 Å². The van der Waals surface area contributed by atoms with Gasteiger partial charge >= 0.3 is 0 Å². The van der Waals surface area contributed by atoms with Gasteiger partial charge in [-0.05, 0) is 67.1 Å². The van der Waals surface area contributed by atoms with Crippen LogP contribution in [0, 0.1) is 0 Å². The lowest BCUT2D eigenvalue weighted by atomic mass is 9.90. The molecule has 0 saturated heterocycles. The smallest absolute Gasteiger partial charge is 0.255 e. The standard InChI is InChI=1S/C19H18N4O/c24-19(15-8-10-16(11-9-15)23-13-20-12-21-23)22-18-7-3-5-14-4-1-2-6-17(14)18/h3,5,7-13H,1-2,4,6H2,(H,22,24). The number of carbonyl (C=O) groups excluding carboxylic acids is 1. The summed E-state index contributed by atoms with van der Waals surface area (Å²) < 4.78 is 1.66. The second-order valence-corrected chi connectivity index (χ2v) is 5.99. The molecule has 0 fully saturated rings. The number of amides is 1. The number of aryl methyl sites for hydroxylation is 1. The van der Waals surface area contributed by atoms with Crippen LogP contribution in [0.3, 0.4) is 0 Å². The van der Waals surface area contributed by atoms with E-state index in [-0.39, 0.29) is 5.91 Å². The van der Waals surface area contributed by atoms with Crippen molar-refractivity contribution in [3.63, 3.8) is 0 Å². The van der Waals surface area contributed by atoms with Gasteiger partial charge in [-0.3, -0.25) is 4.79 Å². The van der Waals surface area contributed by atoms with E-state index in [1.165, 1.54) is 30.3 Å². The Hall–Kier alpha value is -2.95. The van der Waals surface area contributed by atoms with E-state index in [1.54, 1.807) is 11.0 Å². The molecule has 1 N–H and O–H groups in total. The van der Waals surface area contributed by atoms with Crippen molar-refractivity contribution in [1.29, 1.82) is 0 Å². The van der Waals surface area contributed by atoms with Crippen molar-refractivity contribution in [2.75, 3.05) is 5.32 Å². The number of hydrogen-bond acceptors (Lipinski definition) is 3. The van der Waals surface area contributed by atoms with E-state index < -0.39 is 0 Å². The quantitative estimate of drug-likeness (QED) is 0.805. The molecule has 1 aliphatic rings. The fourth-order valence-corrected chi connectivity index (χ4v) is 3.20. The molecule has 24 heavy (non-hydrogen) atoms. The molecule has 0 radical (unpaired) electrons. The van der Waals surface area contributed by atoms with Gasteiger partial charge < -0.3 is 5.32 Å². The largest absolute Gasteiger partial charge is 0.322 e. The number of nitrogens with one attached hydrogen (secondary N) is 1. The van der Waals surface area contributed by atoms with Crippen LogP contribution >= 0.6 is 0 Å². The van der Waals surface area contributed by atoms with Gasteiger partial charge in [0.25, 0.3) is 5.91 Å². The van der Waals surface area contributed by atoms with Crippen LogP contribution in [0.15, 0.2) is 55.1 Å². The van der Waals surface area contributed by atoms with Crippen molar-refractivity contribution in [3.8, 4) is 5.69 Å². The monoisotopic (exact) mass is 318 g/mol. The molecule has 1 amide bonds. The number of hydrogen-bond donors (Lipinski definition) is 1. The summed E-state index contributed by atoms with van der Waals surface area (Å²) in [5, 5.41) is 7.15. The van der Waals surface area contributed by atoms with Crippen molar-refractivity contribution in [3.05, 3.63) is 71.8 Å². The molecular weight excluding hydrogens is 300 g/mol. The third kappa shape index (κ3) is 2.80. The fourth-order valence-electron chi connectivity index (χ4n) is 3.20. The van der Waals surface area contributed by atoms with Crippen LogP contribution in [0.1, 0.15) is 34.3 Å². The number of benzene rings is 2. The predicted molar refractivity (Wildman–Crippen MR) is 92.4 cm³/mol. The lowest BCUT2D eigenvalue weighted by molar-refractivity contribution is 0.102. The lowest BCUT2D eigenvalue weighted by Gasteiger charge is -2.19. The van der Waals surface area contributed by atoms with Gasteiger partial charge in [0, 0.05) is 11.3 Å². The van der Waals surface area contributed by atoms with E-state index in [0.717, 1.165) is 24.2 Å². The van der Waals surface area contributed by atoms with E-state index in [9.17, 15) is 4.79 Å². The molecule has 1 aromatic heterocycles. The van der Waals surface area contributed by atoms with Crippen LogP contribution in [0.5, 0.6) is 0 Å². The summed E-state index contributed by atoms with van der Waals surface area (Å²) >= 11 is 0. The Morgan fingerprint density at radius 1 is 1.04 bits per heavy atom. The van der Waals surface area contributed by atoms with Crippen LogP contribution in [0.2, 0.25) is 0 Å². The Bertz CT molecular complexity index is 854. The Kier molecular flexibility index (Phi) is 3.83. The van der Waals surface area contributed by atoms with E-state index in [4.69, 9.17) is 0 Å². The maximum Gasteiger partial charge on any atom is 0.255 e. The Morgan fingerprint density at radius 2 is 1.88 bits per heavy atom. The molecule has 0 aliphatic heterocycles. The molecule has 0 bridgehead atoms. The minimum absolute atomic E-state index is 0.0842. The molecule has 0 saturated carbocycles. The highest BCUT2D eigenvalue weighted by Crippen LogP contribution is 2.28. The van der Waals surface area contributed by atoms with Crippen LogP contribution in [-0.2, 0) is 12.8 Å². The zero-order valence-electron chi connectivity index (χ0n) is 13.3. The Morgan fingerprint density at radius 3 is 2.67 bits per heavy atom. The number of carbonyl (C=O) groups is 1. The van der Waals surface area contributed by atoms with Crippen LogP contribution < -0.4 is 5.32 Å². The fraction of sp³-hybridized carbons (Fsp3) is 0.211. The maximum absolute atomic E-state index is 12.6. The SMILES string of the molecule is O=C(Nc1cccc2c1CCCC2)c1ccc(-n2cncn2)cc1. The molecule has 0 spiro atoms. The molecule has 2 aromatic carbocycles. The van der Waals surface area contributed by atoms with Gasteiger partial charge in [-0.25, -0.2) is 9.67 Å². The highest BCUT2D eigenvalue weighted by molar-refractivity contribution is 6.04. The first-order chi connectivity index (χ1) is 11.8. The van der Waals surface area contributed by atoms with E-state index in [0.29, 0.717) is 5.56 Å². The predicted octanol–water partition coefficient (Wildman–Crippen LogP) is 3.40. The minimum atomic E-state index is -0.0842. The molecule has 5 heteroatoms. The molecule has 0 unspecified atom stereocenters.